The molecule has 0 aliphatic carbocycles. The molecular weight excluding hydrogens is 264 g/mol. The van der Waals surface area contributed by atoms with E-state index in [1.165, 1.54) is 27.2 Å². The molecule has 0 radical (unpaired) electrons. The summed E-state index contributed by atoms with van der Waals surface area (Å²) in [6.45, 7) is 1.19. The highest BCUT2D eigenvalue weighted by Crippen LogP contribution is 2.36. The van der Waals surface area contributed by atoms with Crippen LogP contribution in [0.4, 0.5) is 0 Å². The number of methoxy groups -OCH3 is 2. The predicted molar refractivity (Wildman–Crippen MR) is 71.4 cm³/mol. The summed E-state index contributed by atoms with van der Waals surface area (Å²) in [5.41, 5.74) is 9.59. The minimum Gasteiger partial charge on any atom is -0.493 e. The van der Waals surface area contributed by atoms with Gasteiger partial charge in [0.25, 0.3) is 0 Å². The van der Waals surface area contributed by atoms with Crippen LogP contribution in [0.1, 0.15) is 18.5 Å². The summed E-state index contributed by atoms with van der Waals surface area (Å²) in [5, 5.41) is 9.23. The van der Waals surface area contributed by atoms with E-state index in [0.29, 0.717) is 17.1 Å². The first kappa shape index (κ1) is 15.8. The Balaban J connectivity index is 3.29. The van der Waals surface area contributed by atoms with E-state index in [9.17, 15) is 14.7 Å². The van der Waals surface area contributed by atoms with Gasteiger partial charge in [0.2, 0.25) is 5.91 Å². The van der Waals surface area contributed by atoms with Crippen LogP contribution in [0.15, 0.2) is 18.2 Å². The summed E-state index contributed by atoms with van der Waals surface area (Å²) in [5.74, 6) is -1.53. The average Bonchev–Trinajstić information content (AvgIpc) is 2.44. The third-order valence-corrected chi connectivity index (χ3v) is 3.34. The molecule has 20 heavy (non-hydrogen) atoms. The van der Waals surface area contributed by atoms with Crippen LogP contribution in [0.3, 0.4) is 0 Å². The van der Waals surface area contributed by atoms with Crippen molar-refractivity contribution in [3.63, 3.8) is 0 Å². The molecule has 1 amide bonds. The Kier molecular flexibility index (Phi) is 4.57. The third kappa shape index (κ3) is 2.53. The first-order chi connectivity index (χ1) is 9.28. The van der Waals surface area contributed by atoms with E-state index in [1.54, 1.807) is 12.1 Å². The Morgan fingerprint density at radius 1 is 1.25 bits per heavy atom. The van der Waals surface area contributed by atoms with Crippen LogP contribution in [0, 0.1) is 5.41 Å². The van der Waals surface area contributed by atoms with Crippen LogP contribution < -0.4 is 20.9 Å². The monoisotopic (exact) mass is 282 g/mol. The molecule has 110 valence electrons. The highest BCUT2D eigenvalue weighted by Gasteiger charge is 2.46. The molecule has 7 heteroatoms. The topological polar surface area (TPSA) is 125 Å². The highest BCUT2D eigenvalue weighted by atomic mass is 16.5. The van der Waals surface area contributed by atoms with Gasteiger partial charge in [-0.15, -0.1) is 0 Å². The maximum absolute atomic E-state index is 11.5. The molecular formula is C13H18N2O5. The molecule has 0 heterocycles. The van der Waals surface area contributed by atoms with E-state index < -0.39 is 23.3 Å². The Labute approximate surface area is 116 Å². The van der Waals surface area contributed by atoms with Crippen LogP contribution in [-0.2, 0) is 9.59 Å². The lowest BCUT2D eigenvalue weighted by molar-refractivity contribution is -0.155. The number of carboxylic acids is 1. The first-order valence-corrected chi connectivity index (χ1v) is 5.79. The second-order valence-electron chi connectivity index (χ2n) is 4.46. The second kappa shape index (κ2) is 5.79. The van der Waals surface area contributed by atoms with E-state index in [4.69, 9.17) is 20.9 Å². The van der Waals surface area contributed by atoms with Crippen molar-refractivity contribution < 1.29 is 24.2 Å². The average molecular weight is 282 g/mol. The van der Waals surface area contributed by atoms with Crippen molar-refractivity contribution in [2.75, 3.05) is 14.2 Å². The molecule has 0 saturated carbocycles. The van der Waals surface area contributed by atoms with Crippen molar-refractivity contribution in [3.05, 3.63) is 23.8 Å². The smallest absolute Gasteiger partial charge is 0.320 e. The number of hydrogen-bond acceptors (Lipinski definition) is 5. The summed E-state index contributed by atoms with van der Waals surface area (Å²) in [7, 11) is 2.92. The maximum atomic E-state index is 11.5. The van der Waals surface area contributed by atoms with E-state index >= 15 is 0 Å². The largest absolute Gasteiger partial charge is 0.493 e. The van der Waals surface area contributed by atoms with Crippen LogP contribution in [0.2, 0.25) is 0 Å². The first-order valence-electron chi connectivity index (χ1n) is 5.79. The summed E-state index contributed by atoms with van der Waals surface area (Å²) >= 11 is 0. The molecule has 1 rings (SSSR count). The SMILES string of the molecule is COc1ccc(C(N)C(C)(C(N)=O)C(=O)O)cc1OC. The molecule has 5 N–H and O–H groups in total. The molecule has 0 saturated heterocycles. The normalized spacial score (nSPS) is 15.0. The van der Waals surface area contributed by atoms with Gasteiger partial charge >= 0.3 is 5.97 Å². The molecule has 2 unspecified atom stereocenters. The number of carbonyl (C=O) groups is 2. The lowest BCUT2D eigenvalue weighted by atomic mass is 9.78. The zero-order chi connectivity index (χ0) is 15.5. The van der Waals surface area contributed by atoms with Crippen molar-refractivity contribution in [2.45, 2.75) is 13.0 Å². The Morgan fingerprint density at radius 2 is 1.80 bits per heavy atom. The predicted octanol–water partition coefficient (Wildman–Crippen LogP) is 0.280. The van der Waals surface area contributed by atoms with Crippen LogP contribution in [0.5, 0.6) is 11.5 Å². The van der Waals surface area contributed by atoms with Gasteiger partial charge < -0.3 is 26.0 Å². The van der Waals surface area contributed by atoms with Crippen molar-refractivity contribution >= 4 is 11.9 Å². The molecule has 0 spiro atoms. The highest BCUT2D eigenvalue weighted by molar-refractivity contribution is 6.01. The van der Waals surface area contributed by atoms with Gasteiger partial charge in [-0.25, -0.2) is 0 Å². The molecule has 0 bridgehead atoms. The maximum Gasteiger partial charge on any atom is 0.320 e. The number of hydrogen-bond donors (Lipinski definition) is 3. The Bertz CT molecular complexity index is 515. The third-order valence-electron chi connectivity index (χ3n) is 3.34. The molecule has 7 nitrogen and oxygen atoms in total. The zero-order valence-electron chi connectivity index (χ0n) is 11.5. The van der Waals surface area contributed by atoms with Gasteiger partial charge in [0, 0.05) is 0 Å². The van der Waals surface area contributed by atoms with Gasteiger partial charge in [0.05, 0.1) is 20.3 Å². The van der Waals surface area contributed by atoms with Crippen LogP contribution >= 0.6 is 0 Å². The van der Waals surface area contributed by atoms with Gasteiger partial charge in [0.15, 0.2) is 16.9 Å². The fourth-order valence-corrected chi connectivity index (χ4v) is 1.77. The zero-order valence-corrected chi connectivity index (χ0v) is 11.5. The number of amides is 1. The fourth-order valence-electron chi connectivity index (χ4n) is 1.77. The van der Waals surface area contributed by atoms with E-state index in [1.807, 2.05) is 0 Å². The standard InChI is InChI=1S/C13H18N2O5/c1-13(11(15)16,12(17)18)10(14)7-4-5-8(19-2)9(6-7)20-3/h4-6,10H,14H2,1-3H3,(H2,15,16)(H,17,18). The molecule has 0 aliphatic heterocycles. The van der Waals surface area contributed by atoms with Crippen molar-refractivity contribution in [2.24, 2.45) is 16.9 Å². The minimum atomic E-state index is -1.92. The number of rotatable bonds is 6. The quantitative estimate of drug-likeness (QED) is 0.643. The summed E-state index contributed by atoms with van der Waals surface area (Å²) in [4.78, 5) is 22.8. The van der Waals surface area contributed by atoms with E-state index in [2.05, 4.69) is 0 Å². The lowest BCUT2D eigenvalue weighted by Crippen LogP contribution is -2.49. The number of primary amides is 1. The van der Waals surface area contributed by atoms with Gasteiger partial charge in [-0.2, -0.15) is 0 Å². The van der Waals surface area contributed by atoms with Gasteiger partial charge in [-0.1, -0.05) is 6.07 Å². The summed E-state index contributed by atoms with van der Waals surface area (Å²) in [6, 6.07) is 3.55. The minimum absolute atomic E-state index is 0.387. The van der Waals surface area contributed by atoms with Gasteiger partial charge in [-0.3, -0.25) is 9.59 Å². The van der Waals surface area contributed by atoms with Crippen molar-refractivity contribution in [1.29, 1.82) is 0 Å². The van der Waals surface area contributed by atoms with Crippen LogP contribution in [-0.4, -0.2) is 31.2 Å². The fraction of sp³-hybridized carbons (Fsp3) is 0.385. The number of nitrogens with two attached hydrogens (primary N) is 2. The van der Waals surface area contributed by atoms with Gasteiger partial charge in [0.1, 0.15) is 0 Å². The van der Waals surface area contributed by atoms with E-state index in [-0.39, 0.29) is 0 Å². The summed E-state index contributed by atoms with van der Waals surface area (Å²) < 4.78 is 10.2. The molecule has 2 atom stereocenters. The number of aliphatic carboxylic acids is 1. The second-order valence-corrected chi connectivity index (χ2v) is 4.46. The molecule has 1 aromatic carbocycles. The van der Waals surface area contributed by atoms with Crippen molar-refractivity contribution in [1.82, 2.24) is 0 Å². The Hall–Kier alpha value is -2.28. The number of carbonyl (C=O) groups excluding carboxylic acids is 1. The number of ether oxygens (including phenoxy) is 2. The number of benzene rings is 1. The van der Waals surface area contributed by atoms with Crippen molar-refractivity contribution in [3.8, 4) is 11.5 Å². The lowest BCUT2D eigenvalue weighted by Gasteiger charge is -2.28. The molecule has 0 aromatic heterocycles. The number of carboxylic acid groups (broad SMARTS) is 1. The van der Waals surface area contributed by atoms with Gasteiger partial charge in [-0.05, 0) is 24.6 Å². The summed E-state index contributed by atoms with van der Waals surface area (Å²) in [6.07, 6.45) is 0. The van der Waals surface area contributed by atoms with Crippen LogP contribution in [0.25, 0.3) is 0 Å². The van der Waals surface area contributed by atoms with E-state index in [0.717, 1.165) is 0 Å². The Morgan fingerprint density at radius 3 is 2.20 bits per heavy atom. The molecule has 0 fully saturated rings. The molecule has 1 aromatic rings. The molecule has 0 aliphatic rings.